The third-order valence-corrected chi connectivity index (χ3v) is 2.70. The predicted octanol–water partition coefficient (Wildman–Crippen LogP) is 1.08. The maximum absolute atomic E-state index is 5.79. The van der Waals surface area contributed by atoms with Crippen molar-refractivity contribution >= 4 is 23.6 Å². The Labute approximate surface area is 94.1 Å². The molecule has 1 aliphatic rings. The molecule has 1 fully saturated rings. The molecule has 3 heterocycles. The van der Waals surface area contributed by atoms with E-state index in [2.05, 4.69) is 9.97 Å². The first-order valence-corrected chi connectivity index (χ1v) is 5.36. The summed E-state index contributed by atoms with van der Waals surface area (Å²) in [6, 6.07) is 4.04. The van der Waals surface area contributed by atoms with Crippen molar-refractivity contribution in [2.45, 2.75) is 19.4 Å². The molecule has 0 atom stereocenters. The molecule has 0 aromatic carbocycles. The molecule has 2 aromatic heterocycles. The molecule has 3 rings (SSSR count). The molecular weight excluding hydrogens is 203 g/mol. The molecule has 0 bridgehead atoms. The molecule has 1 aliphatic heterocycles. The second kappa shape index (κ2) is 3.33. The minimum atomic E-state index is -0.290. The zero-order chi connectivity index (χ0) is 11.2. The van der Waals surface area contributed by atoms with E-state index in [0.29, 0.717) is 6.61 Å². The van der Waals surface area contributed by atoms with Crippen molar-refractivity contribution < 1.29 is 9.31 Å². The van der Waals surface area contributed by atoms with Crippen LogP contribution in [0.5, 0.6) is 0 Å². The average Bonchev–Trinajstić information content (AvgIpc) is 2.82. The Kier molecular flexibility index (Phi) is 2.06. The summed E-state index contributed by atoms with van der Waals surface area (Å²) in [6.45, 7) is 4.66. The van der Waals surface area contributed by atoms with Crippen LogP contribution < -0.4 is 5.46 Å². The predicted molar refractivity (Wildman–Crippen MR) is 62.6 cm³/mol. The van der Waals surface area contributed by atoms with Gasteiger partial charge < -0.3 is 14.3 Å². The summed E-state index contributed by atoms with van der Waals surface area (Å²) in [7, 11) is -0.290. The summed E-state index contributed by atoms with van der Waals surface area (Å²) in [6.07, 6.45) is 3.67. The lowest BCUT2D eigenvalue weighted by molar-refractivity contribution is 0.137. The summed E-state index contributed by atoms with van der Waals surface area (Å²) >= 11 is 0. The van der Waals surface area contributed by atoms with Gasteiger partial charge in [0, 0.05) is 23.2 Å². The topological polar surface area (TPSA) is 47.1 Å². The van der Waals surface area contributed by atoms with Crippen molar-refractivity contribution in [1.29, 1.82) is 0 Å². The molecule has 16 heavy (non-hydrogen) atoms. The fraction of sp³-hybridized carbons (Fsp3) is 0.364. The Bertz CT molecular complexity index is 523. The van der Waals surface area contributed by atoms with Gasteiger partial charge >= 0.3 is 7.12 Å². The third-order valence-electron chi connectivity index (χ3n) is 2.70. The molecule has 0 unspecified atom stereocenters. The monoisotopic (exact) mass is 216 g/mol. The molecule has 4 nitrogen and oxygen atoms in total. The number of pyridine rings is 1. The number of hydrogen-bond acceptors (Lipinski definition) is 3. The number of rotatable bonds is 1. The van der Waals surface area contributed by atoms with Gasteiger partial charge in [0.2, 0.25) is 0 Å². The average molecular weight is 216 g/mol. The molecule has 1 N–H and O–H groups in total. The molecule has 0 aliphatic carbocycles. The van der Waals surface area contributed by atoms with Gasteiger partial charge in [-0.25, -0.2) is 4.98 Å². The first-order chi connectivity index (χ1) is 7.64. The summed E-state index contributed by atoms with van der Waals surface area (Å²) in [5.41, 5.74) is 1.65. The number of H-pyrrole nitrogens is 1. The van der Waals surface area contributed by atoms with Gasteiger partial charge in [-0.05, 0) is 26.0 Å². The van der Waals surface area contributed by atoms with E-state index in [4.69, 9.17) is 9.31 Å². The Morgan fingerprint density at radius 2 is 2.38 bits per heavy atom. The highest BCUT2D eigenvalue weighted by Crippen LogP contribution is 2.19. The molecule has 2 aromatic rings. The molecule has 0 spiro atoms. The van der Waals surface area contributed by atoms with Gasteiger partial charge in [0.25, 0.3) is 0 Å². The minimum Gasteiger partial charge on any atom is -0.404 e. The lowest BCUT2D eigenvalue weighted by Crippen LogP contribution is -2.34. The fourth-order valence-electron chi connectivity index (χ4n) is 1.88. The molecule has 0 saturated carbocycles. The zero-order valence-corrected chi connectivity index (χ0v) is 9.36. The lowest BCUT2D eigenvalue weighted by atomic mass is 9.80. The van der Waals surface area contributed by atoms with E-state index >= 15 is 0 Å². The van der Waals surface area contributed by atoms with Crippen LogP contribution in [0.2, 0.25) is 0 Å². The number of aromatic nitrogens is 2. The van der Waals surface area contributed by atoms with Crippen LogP contribution >= 0.6 is 0 Å². The summed E-state index contributed by atoms with van der Waals surface area (Å²) in [5.74, 6) is 0. The van der Waals surface area contributed by atoms with Gasteiger partial charge in [-0.3, -0.25) is 0 Å². The van der Waals surface area contributed by atoms with Gasteiger partial charge in [0.15, 0.2) is 0 Å². The Morgan fingerprint density at radius 1 is 1.50 bits per heavy atom. The van der Waals surface area contributed by atoms with Crippen molar-refractivity contribution in [3.8, 4) is 0 Å². The number of nitrogens with zero attached hydrogens (tertiary/aromatic N) is 1. The second-order valence-electron chi connectivity index (χ2n) is 4.70. The molecule has 0 amide bonds. The van der Waals surface area contributed by atoms with Crippen LogP contribution in [0.4, 0.5) is 0 Å². The van der Waals surface area contributed by atoms with E-state index < -0.39 is 0 Å². The highest BCUT2D eigenvalue weighted by atomic mass is 16.7. The first-order valence-electron chi connectivity index (χ1n) is 5.36. The SMILES string of the molecule is CC1(C)COB(c2cnc3[nH]ccc3c2)O1. The Morgan fingerprint density at radius 3 is 3.12 bits per heavy atom. The van der Waals surface area contributed by atoms with Crippen molar-refractivity contribution in [1.82, 2.24) is 9.97 Å². The van der Waals surface area contributed by atoms with Gasteiger partial charge in [0.05, 0.1) is 12.2 Å². The van der Waals surface area contributed by atoms with Gasteiger partial charge in [-0.15, -0.1) is 0 Å². The van der Waals surface area contributed by atoms with Crippen molar-refractivity contribution in [3.05, 3.63) is 24.5 Å². The van der Waals surface area contributed by atoms with Crippen LogP contribution in [0.15, 0.2) is 24.5 Å². The highest BCUT2D eigenvalue weighted by molar-refractivity contribution is 6.62. The quantitative estimate of drug-likeness (QED) is 0.725. The standard InChI is InChI=1S/C11H13BN2O2/c1-11(2)7-15-12(16-11)9-5-8-3-4-13-10(8)14-6-9/h3-6H,7H2,1-2H3,(H,13,14). The maximum atomic E-state index is 5.79. The van der Waals surface area contributed by atoms with E-state index in [1.165, 1.54) is 0 Å². The highest BCUT2D eigenvalue weighted by Gasteiger charge is 2.38. The van der Waals surface area contributed by atoms with Crippen LogP contribution in [0.3, 0.4) is 0 Å². The van der Waals surface area contributed by atoms with E-state index in [1.54, 1.807) is 6.20 Å². The van der Waals surface area contributed by atoms with Crippen LogP contribution in [-0.4, -0.2) is 29.3 Å². The van der Waals surface area contributed by atoms with Crippen molar-refractivity contribution in [2.75, 3.05) is 6.61 Å². The number of aromatic amines is 1. The van der Waals surface area contributed by atoms with Crippen LogP contribution in [0.25, 0.3) is 11.0 Å². The van der Waals surface area contributed by atoms with Gasteiger partial charge in [-0.1, -0.05) is 0 Å². The first kappa shape index (κ1) is 9.87. The molecule has 1 saturated heterocycles. The molecular formula is C11H13BN2O2. The van der Waals surface area contributed by atoms with Crippen LogP contribution in [0.1, 0.15) is 13.8 Å². The van der Waals surface area contributed by atoms with Crippen LogP contribution in [-0.2, 0) is 9.31 Å². The molecule has 0 radical (unpaired) electrons. The summed E-state index contributed by atoms with van der Waals surface area (Å²) in [5, 5.41) is 1.08. The van der Waals surface area contributed by atoms with Crippen molar-refractivity contribution in [2.24, 2.45) is 0 Å². The van der Waals surface area contributed by atoms with E-state index in [-0.39, 0.29) is 12.7 Å². The summed E-state index contributed by atoms with van der Waals surface area (Å²) < 4.78 is 11.4. The number of hydrogen-bond donors (Lipinski definition) is 1. The normalized spacial score (nSPS) is 19.5. The van der Waals surface area contributed by atoms with E-state index in [1.807, 2.05) is 32.2 Å². The third kappa shape index (κ3) is 1.62. The Balaban J connectivity index is 1.94. The fourth-order valence-corrected chi connectivity index (χ4v) is 1.88. The second-order valence-corrected chi connectivity index (χ2v) is 4.70. The summed E-state index contributed by atoms with van der Waals surface area (Å²) in [4.78, 5) is 7.38. The van der Waals surface area contributed by atoms with Crippen LogP contribution in [0, 0.1) is 0 Å². The van der Waals surface area contributed by atoms with E-state index in [0.717, 1.165) is 16.5 Å². The Hall–Kier alpha value is -1.33. The smallest absolute Gasteiger partial charge is 0.404 e. The van der Waals surface area contributed by atoms with Gasteiger partial charge in [-0.2, -0.15) is 0 Å². The van der Waals surface area contributed by atoms with Crippen molar-refractivity contribution in [3.63, 3.8) is 0 Å². The minimum absolute atomic E-state index is 0.211. The van der Waals surface area contributed by atoms with Gasteiger partial charge in [0.1, 0.15) is 5.65 Å². The molecule has 82 valence electrons. The number of nitrogens with one attached hydrogen (secondary N) is 1. The molecule has 5 heteroatoms. The van der Waals surface area contributed by atoms with E-state index in [9.17, 15) is 0 Å². The zero-order valence-electron chi connectivity index (χ0n) is 9.36. The maximum Gasteiger partial charge on any atom is 0.496 e. The largest absolute Gasteiger partial charge is 0.496 e. The lowest BCUT2D eigenvalue weighted by Gasteiger charge is -2.15. The number of fused-ring (bicyclic) bond motifs is 1.